The number of aryl methyl sites for hydroxylation is 1. The number of amides is 1. The predicted octanol–water partition coefficient (Wildman–Crippen LogP) is 3.53. The van der Waals surface area contributed by atoms with Gasteiger partial charge in [0.25, 0.3) is 0 Å². The summed E-state index contributed by atoms with van der Waals surface area (Å²) in [5, 5.41) is 17.3. The highest BCUT2D eigenvalue weighted by Crippen LogP contribution is 2.24. The zero-order chi connectivity index (χ0) is 19.3. The second-order valence-corrected chi connectivity index (χ2v) is 7.38. The summed E-state index contributed by atoms with van der Waals surface area (Å²) < 4.78 is 1.48. The Kier molecular flexibility index (Phi) is 5.20. The van der Waals surface area contributed by atoms with Crippen molar-refractivity contribution >= 4 is 22.9 Å². The third kappa shape index (κ3) is 4.12. The fraction of sp³-hybridized carbons (Fsp3) is 0.150. The average molecular weight is 390 g/mol. The second kappa shape index (κ2) is 8.10. The maximum Gasteiger partial charge on any atom is 0.249 e. The number of hydrogen-bond donors (Lipinski definition) is 1. The normalized spacial score (nSPS) is 11.9. The first kappa shape index (κ1) is 18.0. The van der Waals surface area contributed by atoms with Crippen LogP contribution >= 0.6 is 11.3 Å². The Bertz CT molecular complexity index is 1040. The molecule has 2 aromatic carbocycles. The van der Waals surface area contributed by atoms with E-state index in [9.17, 15) is 4.79 Å². The maximum absolute atomic E-state index is 12.9. The molecule has 2 heterocycles. The molecule has 0 saturated heterocycles. The summed E-state index contributed by atoms with van der Waals surface area (Å²) in [5.74, 6) is -0.173. The number of carbonyl (C=O) groups is 1. The molecule has 0 spiro atoms. The van der Waals surface area contributed by atoms with E-state index >= 15 is 0 Å². The van der Waals surface area contributed by atoms with Gasteiger partial charge in [0.05, 0.1) is 10.7 Å². The lowest BCUT2D eigenvalue weighted by atomic mass is 10.1. The topological polar surface area (TPSA) is 85.6 Å². The Labute approximate surface area is 166 Å². The van der Waals surface area contributed by atoms with Gasteiger partial charge in [0.15, 0.2) is 0 Å². The van der Waals surface area contributed by atoms with Crippen LogP contribution in [0.3, 0.4) is 0 Å². The molecule has 4 rings (SSSR count). The van der Waals surface area contributed by atoms with Crippen molar-refractivity contribution in [1.29, 1.82) is 0 Å². The summed E-state index contributed by atoms with van der Waals surface area (Å²) in [5.41, 5.74) is 3.71. The first-order valence-corrected chi connectivity index (χ1v) is 9.67. The minimum atomic E-state index is -0.543. The average Bonchev–Trinajstić information content (AvgIpc) is 3.39. The van der Waals surface area contributed by atoms with E-state index in [1.54, 1.807) is 11.3 Å². The molecule has 0 aliphatic rings. The lowest BCUT2D eigenvalue weighted by Gasteiger charge is -2.16. The van der Waals surface area contributed by atoms with Gasteiger partial charge in [-0.3, -0.25) is 4.79 Å². The van der Waals surface area contributed by atoms with E-state index in [0.29, 0.717) is 12.1 Å². The monoisotopic (exact) mass is 390 g/mol. The van der Waals surface area contributed by atoms with Crippen LogP contribution in [-0.4, -0.2) is 31.1 Å². The van der Waals surface area contributed by atoms with E-state index in [-0.39, 0.29) is 5.91 Å². The van der Waals surface area contributed by atoms with Crippen molar-refractivity contribution in [2.75, 3.05) is 5.32 Å². The summed E-state index contributed by atoms with van der Waals surface area (Å²) in [6.45, 7) is 1.98. The van der Waals surface area contributed by atoms with Crippen LogP contribution in [0.5, 0.6) is 0 Å². The second-order valence-electron chi connectivity index (χ2n) is 6.31. The standard InChI is InChI=1S/C20H18N6OS/c1-14-22-18(12-28-14)16-7-9-17(10-8-16)23-20(27)19(26-13-21-24-25-26)11-15-5-3-2-4-6-15/h2-10,12-13,19H,11H2,1H3,(H,23,27)/t19-/m0/s1. The zero-order valence-corrected chi connectivity index (χ0v) is 16.0. The van der Waals surface area contributed by atoms with Gasteiger partial charge in [-0.15, -0.1) is 16.4 Å². The number of carbonyl (C=O) groups excluding carboxylic acids is 1. The van der Waals surface area contributed by atoms with Crippen LogP contribution < -0.4 is 5.32 Å². The van der Waals surface area contributed by atoms with Gasteiger partial charge in [-0.1, -0.05) is 42.5 Å². The molecule has 0 aliphatic carbocycles. The van der Waals surface area contributed by atoms with E-state index in [1.807, 2.05) is 66.9 Å². The number of anilines is 1. The van der Waals surface area contributed by atoms with Crippen molar-refractivity contribution < 1.29 is 4.79 Å². The number of tetrazole rings is 1. The van der Waals surface area contributed by atoms with Crippen LogP contribution in [-0.2, 0) is 11.2 Å². The van der Waals surface area contributed by atoms with Crippen molar-refractivity contribution in [3.05, 3.63) is 76.9 Å². The van der Waals surface area contributed by atoms with Gasteiger partial charge in [0.1, 0.15) is 12.4 Å². The minimum absolute atomic E-state index is 0.173. The fourth-order valence-electron chi connectivity index (χ4n) is 2.90. The van der Waals surface area contributed by atoms with Gasteiger partial charge in [0, 0.05) is 23.1 Å². The highest BCUT2D eigenvalue weighted by Gasteiger charge is 2.22. The summed E-state index contributed by atoms with van der Waals surface area (Å²) >= 11 is 1.61. The van der Waals surface area contributed by atoms with Crippen LogP contribution in [0.2, 0.25) is 0 Å². The lowest BCUT2D eigenvalue weighted by molar-refractivity contribution is -0.119. The molecule has 0 fully saturated rings. The van der Waals surface area contributed by atoms with Crippen molar-refractivity contribution in [3.8, 4) is 11.3 Å². The van der Waals surface area contributed by atoms with E-state index in [2.05, 4.69) is 25.8 Å². The highest BCUT2D eigenvalue weighted by atomic mass is 32.1. The van der Waals surface area contributed by atoms with Crippen LogP contribution in [0.1, 0.15) is 16.6 Å². The number of benzene rings is 2. The largest absolute Gasteiger partial charge is 0.324 e. The Morgan fingerprint density at radius 2 is 1.93 bits per heavy atom. The molecule has 7 nitrogen and oxygen atoms in total. The van der Waals surface area contributed by atoms with Crippen molar-refractivity contribution in [2.45, 2.75) is 19.4 Å². The summed E-state index contributed by atoms with van der Waals surface area (Å²) in [4.78, 5) is 17.4. The number of rotatable bonds is 6. The summed E-state index contributed by atoms with van der Waals surface area (Å²) in [6, 6.07) is 16.9. The predicted molar refractivity (Wildman–Crippen MR) is 108 cm³/mol. The minimum Gasteiger partial charge on any atom is -0.324 e. The Balaban J connectivity index is 1.51. The van der Waals surface area contributed by atoms with Crippen molar-refractivity contribution in [1.82, 2.24) is 25.2 Å². The molecule has 1 amide bonds. The molecule has 0 radical (unpaired) electrons. The molecule has 0 aliphatic heterocycles. The first-order valence-electron chi connectivity index (χ1n) is 8.79. The van der Waals surface area contributed by atoms with E-state index in [4.69, 9.17) is 0 Å². The van der Waals surface area contributed by atoms with E-state index in [1.165, 1.54) is 11.0 Å². The molecule has 2 aromatic heterocycles. The molecule has 1 atom stereocenters. The van der Waals surface area contributed by atoms with Crippen LogP contribution in [0, 0.1) is 6.92 Å². The number of nitrogens with one attached hydrogen (secondary N) is 1. The molecule has 0 unspecified atom stereocenters. The fourth-order valence-corrected chi connectivity index (χ4v) is 3.52. The van der Waals surface area contributed by atoms with E-state index < -0.39 is 6.04 Å². The number of thiazole rings is 1. The van der Waals surface area contributed by atoms with Crippen molar-refractivity contribution in [3.63, 3.8) is 0 Å². The number of aromatic nitrogens is 5. The van der Waals surface area contributed by atoms with Gasteiger partial charge in [-0.25, -0.2) is 9.67 Å². The molecule has 140 valence electrons. The molecule has 8 heteroatoms. The van der Waals surface area contributed by atoms with Crippen LogP contribution in [0.15, 0.2) is 66.3 Å². The summed E-state index contributed by atoms with van der Waals surface area (Å²) in [7, 11) is 0. The van der Waals surface area contributed by atoms with E-state index in [0.717, 1.165) is 21.8 Å². The molecular weight excluding hydrogens is 372 g/mol. The van der Waals surface area contributed by atoms with Gasteiger partial charge < -0.3 is 5.32 Å². The zero-order valence-electron chi connectivity index (χ0n) is 15.2. The maximum atomic E-state index is 12.9. The molecule has 0 saturated carbocycles. The Morgan fingerprint density at radius 1 is 1.14 bits per heavy atom. The molecule has 0 bridgehead atoms. The Hall–Kier alpha value is -3.39. The van der Waals surface area contributed by atoms with Crippen LogP contribution in [0.25, 0.3) is 11.3 Å². The Morgan fingerprint density at radius 3 is 2.57 bits per heavy atom. The van der Waals surface area contributed by atoms with Gasteiger partial charge in [-0.05, 0) is 35.0 Å². The SMILES string of the molecule is Cc1nc(-c2ccc(NC(=O)[C@H](Cc3ccccc3)n3cnnn3)cc2)cs1. The third-order valence-corrected chi connectivity index (χ3v) is 5.10. The van der Waals surface area contributed by atoms with Gasteiger partial charge in [0.2, 0.25) is 5.91 Å². The molecular formula is C20H18N6OS. The molecule has 28 heavy (non-hydrogen) atoms. The third-order valence-electron chi connectivity index (χ3n) is 4.33. The highest BCUT2D eigenvalue weighted by molar-refractivity contribution is 7.09. The summed E-state index contributed by atoms with van der Waals surface area (Å²) in [6.07, 6.45) is 1.95. The first-order chi connectivity index (χ1) is 13.7. The lowest BCUT2D eigenvalue weighted by Crippen LogP contribution is -2.28. The number of nitrogens with zero attached hydrogens (tertiary/aromatic N) is 5. The van der Waals surface area contributed by atoms with Crippen LogP contribution in [0.4, 0.5) is 5.69 Å². The van der Waals surface area contributed by atoms with Crippen molar-refractivity contribution in [2.24, 2.45) is 0 Å². The molecule has 4 aromatic rings. The molecule has 1 N–H and O–H groups in total. The van der Waals surface area contributed by atoms with Gasteiger partial charge in [-0.2, -0.15) is 0 Å². The van der Waals surface area contributed by atoms with Gasteiger partial charge >= 0.3 is 0 Å². The number of hydrogen-bond acceptors (Lipinski definition) is 6. The quantitative estimate of drug-likeness (QED) is 0.544. The smallest absolute Gasteiger partial charge is 0.249 e.